The molecule has 0 aliphatic heterocycles. The molecular weight excluding hydrogens is 283 g/mol. The second-order valence-corrected chi connectivity index (χ2v) is 4.92. The van der Waals surface area contributed by atoms with Crippen LogP contribution in [0, 0.1) is 0 Å². The van der Waals surface area contributed by atoms with E-state index in [9.17, 15) is 9.59 Å². The fourth-order valence-corrected chi connectivity index (χ4v) is 2.05. The Kier molecular flexibility index (Phi) is 4.35. The van der Waals surface area contributed by atoms with Crippen LogP contribution in [-0.4, -0.2) is 11.6 Å². The molecule has 0 fully saturated rings. The van der Waals surface area contributed by atoms with Gasteiger partial charge in [0, 0.05) is 21.2 Å². The number of hydrogen-bond donors (Lipinski definition) is 0. The van der Waals surface area contributed by atoms with E-state index in [0.717, 1.165) is 0 Å². The van der Waals surface area contributed by atoms with E-state index < -0.39 is 0 Å². The number of Topliss-reactive ketones (excluding diaryl/α,β-unsaturated/α-hetero) is 2. The number of ketones is 2. The minimum Gasteiger partial charge on any atom is -0.294 e. The van der Waals surface area contributed by atoms with E-state index in [2.05, 4.69) is 0 Å². The topological polar surface area (TPSA) is 34.1 Å². The molecule has 2 aromatic rings. The van der Waals surface area contributed by atoms with E-state index in [0.29, 0.717) is 21.2 Å². The lowest BCUT2D eigenvalue weighted by Gasteiger charge is -2.02. The number of benzene rings is 2. The zero-order valence-electron chi connectivity index (χ0n) is 9.90. The highest BCUT2D eigenvalue weighted by molar-refractivity contribution is 6.31. The standard InChI is InChI=1S/C15H10Cl2O2/c16-12-5-1-3-10(7-12)14(18)9-15(19)11-4-2-6-13(17)8-11/h1-8H,9H2. The van der Waals surface area contributed by atoms with E-state index in [-0.39, 0.29) is 18.0 Å². The maximum Gasteiger partial charge on any atom is 0.170 e. The smallest absolute Gasteiger partial charge is 0.170 e. The Balaban J connectivity index is 2.13. The Morgan fingerprint density at radius 2 is 1.21 bits per heavy atom. The van der Waals surface area contributed by atoms with Gasteiger partial charge in [0.2, 0.25) is 0 Å². The van der Waals surface area contributed by atoms with Crippen molar-refractivity contribution < 1.29 is 9.59 Å². The van der Waals surface area contributed by atoms with Crippen LogP contribution >= 0.6 is 23.2 Å². The van der Waals surface area contributed by atoms with E-state index >= 15 is 0 Å². The van der Waals surface area contributed by atoms with Crippen molar-refractivity contribution in [3.63, 3.8) is 0 Å². The molecule has 2 aromatic carbocycles. The summed E-state index contributed by atoms with van der Waals surface area (Å²) >= 11 is 11.6. The third kappa shape index (κ3) is 3.66. The summed E-state index contributed by atoms with van der Waals surface area (Å²) in [6, 6.07) is 13.1. The molecule has 0 bridgehead atoms. The van der Waals surface area contributed by atoms with Gasteiger partial charge in [-0.2, -0.15) is 0 Å². The van der Waals surface area contributed by atoms with E-state index in [1.807, 2.05) is 0 Å². The summed E-state index contributed by atoms with van der Waals surface area (Å²) in [4.78, 5) is 23.9. The van der Waals surface area contributed by atoms with Gasteiger partial charge < -0.3 is 0 Å². The van der Waals surface area contributed by atoms with Crippen molar-refractivity contribution >= 4 is 34.8 Å². The Labute approximate surface area is 121 Å². The number of carbonyl (C=O) groups is 2. The number of halogens is 2. The molecule has 0 saturated carbocycles. The maximum atomic E-state index is 12.0. The van der Waals surface area contributed by atoms with Crippen LogP contribution in [-0.2, 0) is 0 Å². The molecule has 96 valence electrons. The molecular formula is C15H10Cl2O2. The molecule has 0 heterocycles. The first-order valence-electron chi connectivity index (χ1n) is 5.64. The highest BCUT2D eigenvalue weighted by Crippen LogP contribution is 2.16. The average Bonchev–Trinajstić information content (AvgIpc) is 2.38. The molecule has 0 N–H and O–H groups in total. The Morgan fingerprint density at radius 1 is 0.789 bits per heavy atom. The van der Waals surface area contributed by atoms with Crippen LogP contribution in [0.15, 0.2) is 48.5 Å². The predicted molar refractivity (Wildman–Crippen MR) is 76.2 cm³/mol. The van der Waals surface area contributed by atoms with Gasteiger partial charge in [-0.3, -0.25) is 9.59 Å². The van der Waals surface area contributed by atoms with Crippen molar-refractivity contribution in [2.45, 2.75) is 6.42 Å². The van der Waals surface area contributed by atoms with Gasteiger partial charge >= 0.3 is 0 Å². The first-order chi connectivity index (χ1) is 9.06. The Hall–Kier alpha value is -1.64. The number of carbonyl (C=O) groups excluding carboxylic acids is 2. The lowest BCUT2D eigenvalue weighted by atomic mass is 10.0. The maximum absolute atomic E-state index is 12.0. The van der Waals surface area contributed by atoms with Gasteiger partial charge in [-0.25, -0.2) is 0 Å². The minimum absolute atomic E-state index is 0.194. The summed E-state index contributed by atoms with van der Waals surface area (Å²) in [6.45, 7) is 0. The molecule has 4 heteroatoms. The quantitative estimate of drug-likeness (QED) is 0.616. The largest absolute Gasteiger partial charge is 0.294 e. The van der Waals surface area contributed by atoms with Crippen LogP contribution in [0.4, 0.5) is 0 Å². The first kappa shape index (κ1) is 13.8. The number of rotatable bonds is 4. The molecule has 0 aliphatic carbocycles. The average molecular weight is 293 g/mol. The van der Waals surface area contributed by atoms with Crippen LogP contribution in [0.3, 0.4) is 0 Å². The fraction of sp³-hybridized carbons (Fsp3) is 0.0667. The van der Waals surface area contributed by atoms with Gasteiger partial charge in [-0.05, 0) is 24.3 Å². The van der Waals surface area contributed by atoms with Crippen molar-refractivity contribution in [3.8, 4) is 0 Å². The Morgan fingerprint density at radius 3 is 1.58 bits per heavy atom. The molecule has 0 unspecified atom stereocenters. The zero-order valence-corrected chi connectivity index (χ0v) is 11.4. The molecule has 0 spiro atoms. The third-order valence-corrected chi connectivity index (χ3v) is 3.08. The summed E-state index contributed by atoms with van der Waals surface area (Å²) in [5.74, 6) is -0.514. The molecule has 0 radical (unpaired) electrons. The summed E-state index contributed by atoms with van der Waals surface area (Å²) < 4.78 is 0. The lowest BCUT2D eigenvalue weighted by molar-refractivity contribution is 0.0894. The summed E-state index contributed by atoms with van der Waals surface area (Å²) in [7, 11) is 0. The van der Waals surface area contributed by atoms with Gasteiger partial charge in [-0.15, -0.1) is 0 Å². The molecule has 2 rings (SSSR count). The van der Waals surface area contributed by atoms with Crippen molar-refractivity contribution in [1.82, 2.24) is 0 Å². The summed E-state index contributed by atoms with van der Waals surface area (Å²) in [6.07, 6.45) is -0.194. The van der Waals surface area contributed by atoms with Crippen LogP contribution in [0.1, 0.15) is 27.1 Å². The van der Waals surface area contributed by atoms with Gasteiger partial charge in [0.1, 0.15) is 0 Å². The van der Waals surface area contributed by atoms with Crippen molar-refractivity contribution in [2.24, 2.45) is 0 Å². The minimum atomic E-state index is -0.257. The predicted octanol–water partition coefficient (Wildman–Crippen LogP) is 4.45. The molecule has 0 aromatic heterocycles. The molecule has 0 amide bonds. The zero-order chi connectivity index (χ0) is 13.8. The molecule has 19 heavy (non-hydrogen) atoms. The monoisotopic (exact) mass is 292 g/mol. The second kappa shape index (κ2) is 6.00. The Bertz CT molecular complexity index is 580. The molecule has 0 aliphatic rings. The van der Waals surface area contributed by atoms with E-state index in [1.54, 1.807) is 48.5 Å². The summed E-state index contributed by atoms with van der Waals surface area (Å²) in [5.41, 5.74) is 0.866. The van der Waals surface area contributed by atoms with Gasteiger partial charge in [0.15, 0.2) is 11.6 Å². The van der Waals surface area contributed by atoms with E-state index in [1.165, 1.54) is 0 Å². The molecule has 0 saturated heterocycles. The van der Waals surface area contributed by atoms with Crippen LogP contribution in [0.25, 0.3) is 0 Å². The van der Waals surface area contributed by atoms with E-state index in [4.69, 9.17) is 23.2 Å². The highest BCUT2D eigenvalue weighted by atomic mass is 35.5. The highest BCUT2D eigenvalue weighted by Gasteiger charge is 2.14. The fourth-order valence-electron chi connectivity index (χ4n) is 1.67. The van der Waals surface area contributed by atoms with Crippen LogP contribution < -0.4 is 0 Å². The van der Waals surface area contributed by atoms with Crippen LogP contribution in [0.5, 0.6) is 0 Å². The van der Waals surface area contributed by atoms with Crippen molar-refractivity contribution in [1.29, 1.82) is 0 Å². The molecule has 2 nitrogen and oxygen atoms in total. The summed E-state index contributed by atoms with van der Waals surface area (Å²) in [5, 5.41) is 0.946. The molecule has 0 atom stereocenters. The first-order valence-corrected chi connectivity index (χ1v) is 6.39. The van der Waals surface area contributed by atoms with Crippen molar-refractivity contribution in [3.05, 3.63) is 69.7 Å². The second-order valence-electron chi connectivity index (χ2n) is 4.04. The van der Waals surface area contributed by atoms with Gasteiger partial charge in [-0.1, -0.05) is 47.5 Å². The van der Waals surface area contributed by atoms with Crippen LogP contribution in [0.2, 0.25) is 10.0 Å². The SMILES string of the molecule is O=C(CC(=O)c1cccc(Cl)c1)c1cccc(Cl)c1. The van der Waals surface area contributed by atoms with Gasteiger partial charge in [0.25, 0.3) is 0 Å². The lowest BCUT2D eigenvalue weighted by Crippen LogP contribution is -2.08. The third-order valence-electron chi connectivity index (χ3n) is 2.61. The van der Waals surface area contributed by atoms with Crippen molar-refractivity contribution in [2.75, 3.05) is 0 Å². The number of hydrogen-bond acceptors (Lipinski definition) is 2. The normalized spacial score (nSPS) is 10.2. The van der Waals surface area contributed by atoms with Gasteiger partial charge in [0.05, 0.1) is 6.42 Å².